The Morgan fingerprint density at radius 1 is 1.28 bits per heavy atom. The highest BCUT2D eigenvalue weighted by Crippen LogP contribution is 2.30. The summed E-state index contributed by atoms with van der Waals surface area (Å²) in [5.74, 6) is 0.953. The maximum absolute atomic E-state index is 6.14. The molecular weight excluding hydrogens is 246 g/mol. The smallest absolute Gasteiger partial charge is 0.199 e. The van der Waals surface area contributed by atoms with Crippen molar-refractivity contribution in [2.45, 2.75) is 32.2 Å². The summed E-state index contributed by atoms with van der Waals surface area (Å²) in [5, 5.41) is 5.12. The molecule has 3 rings (SSSR count). The Hall–Kier alpha value is -0.990. The summed E-state index contributed by atoms with van der Waals surface area (Å²) in [6.07, 6.45) is 5.53. The fourth-order valence-corrected chi connectivity index (χ4v) is 2.79. The van der Waals surface area contributed by atoms with Crippen LogP contribution in [0.1, 0.15) is 31.2 Å². The standard InChI is InChI=1S/C15H18ClNO/c16-15-13(10-17-9-8-11-4-3-5-11)12-6-1-2-7-14(12)18-15/h1-2,6-7,11,17H,3-5,8-10H2. The fraction of sp³-hybridized carbons (Fsp3) is 0.467. The highest BCUT2D eigenvalue weighted by molar-refractivity contribution is 6.30. The van der Waals surface area contributed by atoms with Gasteiger partial charge in [0.15, 0.2) is 5.22 Å². The topological polar surface area (TPSA) is 25.2 Å². The summed E-state index contributed by atoms with van der Waals surface area (Å²) in [6.45, 7) is 1.86. The molecule has 0 bridgehead atoms. The predicted octanol–water partition coefficient (Wildman–Crippen LogP) is 4.37. The molecule has 2 aromatic rings. The van der Waals surface area contributed by atoms with Crippen molar-refractivity contribution in [3.8, 4) is 0 Å². The van der Waals surface area contributed by atoms with E-state index < -0.39 is 0 Å². The number of benzene rings is 1. The maximum atomic E-state index is 6.14. The van der Waals surface area contributed by atoms with Crippen LogP contribution in [0.4, 0.5) is 0 Å². The first-order chi connectivity index (χ1) is 8.84. The van der Waals surface area contributed by atoms with Crippen LogP contribution in [0.3, 0.4) is 0 Å². The molecule has 3 heteroatoms. The molecule has 1 aromatic heterocycles. The second-order valence-corrected chi connectivity index (χ2v) is 5.46. The molecule has 0 aliphatic heterocycles. The number of nitrogens with one attached hydrogen (secondary N) is 1. The van der Waals surface area contributed by atoms with Gasteiger partial charge in [-0.1, -0.05) is 37.5 Å². The number of para-hydroxylation sites is 1. The van der Waals surface area contributed by atoms with Gasteiger partial charge in [0.05, 0.1) is 0 Å². The third-order valence-corrected chi connectivity index (χ3v) is 4.21. The molecule has 2 nitrogen and oxygen atoms in total. The minimum atomic E-state index is 0.521. The van der Waals surface area contributed by atoms with Gasteiger partial charge < -0.3 is 9.73 Å². The van der Waals surface area contributed by atoms with Crippen molar-refractivity contribution in [3.63, 3.8) is 0 Å². The van der Waals surface area contributed by atoms with Crippen molar-refractivity contribution in [3.05, 3.63) is 35.0 Å². The van der Waals surface area contributed by atoms with Crippen LogP contribution in [0, 0.1) is 5.92 Å². The number of hydrogen-bond donors (Lipinski definition) is 1. The molecule has 0 radical (unpaired) electrons. The van der Waals surface area contributed by atoms with Crippen LogP contribution in [-0.2, 0) is 6.54 Å². The van der Waals surface area contributed by atoms with Gasteiger partial charge in [0.2, 0.25) is 0 Å². The average Bonchev–Trinajstić information content (AvgIpc) is 2.63. The molecule has 96 valence electrons. The maximum Gasteiger partial charge on any atom is 0.199 e. The molecular formula is C15H18ClNO. The van der Waals surface area contributed by atoms with E-state index in [0.29, 0.717) is 5.22 Å². The van der Waals surface area contributed by atoms with Crippen LogP contribution in [0.15, 0.2) is 28.7 Å². The van der Waals surface area contributed by atoms with Gasteiger partial charge in [-0.05, 0) is 36.6 Å². The molecule has 1 aromatic carbocycles. The number of fused-ring (bicyclic) bond motifs is 1. The van der Waals surface area contributed by atoms with E-state index in [-0.39, 0.29) is 0 Å². The van der Waals surface area contributed by atoms with Gasteiger partial charge in [-0.3, -0.25) is 0 Å². The Morgan fingerprint density at radius 2 is 2.11 bits per heavy atom. The quantitative estimate of drug-likeness (QED) is 0.811. The van der Waals surface area contributed by atoms with Crippen molar-refractivity contribution in [1.82, 2.24) is 5.32 Å². The van der Waals surface area contributed by atoms with Gasteiger partial charge in [-0.2, -0.15) is 0 Å². The number of furan rings is 1. The summed E-state index contributed by atoms with van der Waals surface area (Å²) in [4.78, 5) is 0. The van der Waals surface area contributed by atoms with E-state index in [1.807, 2.05) is 18.2 Å². The summed E-state index contributed by atoms with van der Waals surface area (Å²) in [7, 11) is 0. The van der Waals surface area contributed by atoms with Crippen molar-refractivity contribution in [2.24, 2.45) is 5.92 Å². The lowest BCUT2D eigenvalue weighted by atomic mass is 9.83. The van der Waals surface area contributed by atoms with Gasteiger partial charge in [-0.25, -0.2) is 0 Å². The Kier molecular flexibility index (Phi) is 3.57. The SMILES string of the molecule is Clc1oc2ccccc2c1CNCCC1CCC1. The molecule has 0 atom stereocenters. The molecule has 1 fully saturated rings. The summed E-state index contributed by atoms with van der Waals surface area (Å²) < 4.78 is 5.53. The third-order valence-electron chi connectivity index (χ3n) is 3.90. The molecule has 1 heterocycles. The zero-order valence-corrected chi connectivity index (χ0v) is 11.2. The lowest BCUT2D eigenvalue weighted by molar-refractivity contribution is 0.292. The Morgan fingerprint density at radius 3 is 2.89 bits per heavy atom. The van der Waals surface area contributed by atoms with Crippen molar-refractivity contribution in [1.29, 1.82) is 0 Å². The van der Waals surface area contributed by atoms with Crippen molar-refractivity contribution < 1.29 is 4.42 Å². The monoisotopic (exact) mass is 263 g/mol. The molecule has 0 unspecified atom stereocenters. The van der Waals surface area contributed by atoms with Crippen LogP contribution < -0.4 is 5.32 Å². The number of hydrogen-bond acceptors (Lipinski definition) is 2. The Balaban J connectivity index is 1.61. The lowest BCUT2D eigenvalue weighted by Crippen LogP contribution is -2.21. The molecule has 1 aliphatic carbocycles. The van der Waals surface area contributed by atoms with Crippen LogP contribution in [0.5, 0.6) is 0 Å². The Bertz CT molecular complexity index is 530. The van der Waals surface area contributed by atoms with Gasteiger partial charge >= 0.3 is 0 Å². The van der Waals surface area contributed by atoms with E-state index in [2.05, 4.69) is 11.4 Å². The van der Waals surface area contributed by atoms with Gasteiger partial charge in [0, 0.05) is 17.5 Å². The zero-order valence-electron chi connectivity index (χ0n) is 10.4. The minimum absolute atomic E-state index is 0.521. The Labute approximate surface area is 112 Å². The highest BCUT2D eigenvalue weighted by Gasteiger charge is 2.16. The number of halogens is 1. The first-order valence-electron chi connectivity index (χ1n) is 6.71. The second-order valence-electron chi connectivity index (χ2n) is 5.11. The highest BCUT2D eigenvalue weighted by atomic mass is 35.5. The van der Waals surface area contributed by atoms with E-state index in [1.165, 1.54) is 25.7 Å². The predicted molar refractivity (Wildman–Crippen MR) is 74.9 cm³/mol. The van der Waals surface area contributed by atoms with E-state index >= 15 is 0 Å². The van der Waals surface area contributed by atoms with E-state index in [1.54, 1.807) is 0 Å². The first kappa shape index (κ1) is 12.1. The minimum Gasteiger partial charge on any atom is -0.444 e. The molecule has 1 aliphatic rings. The van der Waals surface area contributed by atoms with Gasteiger partial charge in [0.25, 0.3) is 0 Å². The lowest BCUT2D eigenvalue weighted by Gasteiger charge is -2.25. The van der Waals surface area contributed by atoms with Crippen LogP contribution >= 0.6 is 11.6 Å². The fourth-order valence-electron chi connectivity index (χ4n) is 2.53. The van der Waals surface area contributed by atoms with Crippen molar-refractivity contribution >= 4 is 22.6 Å². The molecule has 0 amide bonds. The van der Waals surface area contributed by atoms with Crippen LogP contribution in [0.2, 0.25) is 5.22 Å². The van der Waals surface area contributed by atoms with Crippen LogP contribution in [-0.4, -0.2) is 6.54 Å². The van der Waals surface area contributed by atoms with E-state index in [0.717, 1.165) is 35.5 Å². The van der Waals surface area contributed by atoms with E-state index in [4.69, 9.17) is 16.0 Å². The third kappa shape index (κ3) is 2.40. The summed E-state index contributed by atoms with van der Waals surface area (Å²) in [5.41, 5.74) is 1.96. The molecule has 1 saturated carbocycles. The summed E-state index contributed by atoms with van der Waals surface area (Å²) in [6, 6.07) is 8.01. The van der Waals surface area contributed by atoms with Crippen LogP contribution in [0.25, 0.3) is 11.0 Å². The second kappa shape index (κ2) is 5.33. The zero-order chi connectivity index (χ0) is 12.4. The average molecular weight is 264 g/mol. The molecule has 18 heavy (non-hydrogen) atoms. The largest absolute Gasteiger partial charge is 0.444 e. The molecule has 0 saturated heterocycles. The normalized spacial score (nSPS) is 16.1. The molecule has 0 spiro atoms. The first-order valence-corrected chi connectivity index (χ1v) is 7.09. The van der Waals surface area contributed by atoms with E-state index in [9.17, 15) is 0 Å². The van der Waals surface area contributed by atoms with Crippen molar-refractivity contribution in [2.75, 3.05) is 6.54 Å². The summed E-state index contributed by atoms with van der Waals surface area (Å²) >= 11 is 6.14. The van der Waals surface area contributed by atoms with Gasteiger partial charge in [0.1, 0.15) is 5.58 Å². The molecule has 1 N–H and O–H groups in total. The van der Waals surface area contributed by atoms with Gasteiger partial charge in [-0.15, -0.1) is 0 Å². The number of rotatable bonds is 5.